The lowest BCUT2D eigenvalue weighted by Crippen LogP contribution is -2.54. The van der Waals surface area contributed by atoms with E-state index in [2.05, 4.69) is 10.3 Å². The van der Waals surface area contributed by atoms with E-state index >= 15 is 0 Å². The highest BCUT2D eigenvalue weighted by Crippen LogP contribution is 2.40. The second kappa shape index (κ2) is 17.8. The first-order valence-corrected chi connectivity index (χ1v) is 18.7. The van der Waals surface area contributed by atoms with E-state index in [-0.39, 0.29) is 73.5 Å². The molecule has 1 N–H and O–H groups in total. The van der Waals surface area contributed by atoms with Gasteiger partial charge in [-0.2, -0.15) is 18.4 Å². The molecule has 15 nitrogen and oxygen atoms in total. The summed E-state index contributed by atoms with van der Waals surface area (Å²) in [6.07, 6.45) is -3.27. The number of amides is 5. The first-order chi connectivity index (χ1) is 28.1. The van der Waals surface area contributed by atoms with Crippen molar-refractivity contribution in [3.8, 4) is 11.8 Å². The molecule has 0 bridgehead atoms. The molecule has 1 atom stereocenters. The van der Waals surface area contributed by atoms with Crippen molar-refractivity contribution in [2.75, 3.05) is 56.0 Å². The van der Waals surface area contributed by atoms with Crippen LogP contribution in [0.2, 0.25) is 0 Å². The fraction of sp³-hybridized carbons (Fsp3) is 0.350. The minimum absolute atomic E-state index is 0.0189. The van der Waals surface area contributed by atoms with Crippen molar-refractivity contribution in [1.82, 2.24) is 10.2 Å². The normalized spacial score (nSPS) is 17.9. The summed E-state index contributed by atoms with van der Waals surface area (Å²) in [5, 5.41) is 11.3. The van der Waals surface area contributed by atoms with E-state index in [0.717, 1.165) is 21.9 Å². The van der Waals surface area contributed by atoms with Crippen molar-refractivity contribution in [3.63, 3.8) is 0 Å². The number of aliphatic imine (C=N–C) groups is 1. The summed E-state index contributed by atoms with van der Waals surface area (Å²) in [6, 6.07) is 14.8. The van der Waals surface area contributed by atoms with E-state index in [1.807, 2.05) is 0 Å². The molecule has 3 aliphatic heterocycles. The van der Waals surface area contributed by atoms with Gasteiger partial charge in [-0.25, -0.2) is 0 Å². The van der Waals surface area contributed by atoms with Crippen LogP contribution in [-0.4, -0.2) is 104 Å². The minimum Gasteiger partial charge on any atom is -0.491 e. The summed E-state index contributed by atoms with van der Waals surface area (Å²) in [5.74, 6) is -2.43. The molecule has 19 heteroatoms. The molecule has 2 saturated heterocycles. The Kier molecular flexibility index (Phi) is 12.9. The lowest BCUT2D eigenvalue weighted by molar-refractivity contribution is -0.138. The Hall–Kier alpha value is -6.07. The maximum Gasteiger partial charge on any atom is 0.417 e. The summed E-state index contributed by atoms with van der Waals surface area (Å²) < 4.78 is 63.3. The van der Waals surface area contributed by atoms with Gasteiger partial charge >= 0.3 is 6.18 Å². The molecule has 308 valence electrons. The van der Waals surface area contributed by atoms with Crippen LogP contribution in [0.4, 0.5) is 30.2 Å². The Morgan fingerprint density at radius 1 is 0.915 bits per heavy atom. The quantitative estimate of drug-likeness (QED) is 0.0910. The maximum atomic E-state index is 13.6. The van der Waals surface area contributed by atoms with E-state index in [1.54, 1.807) is 55.1 Å². The number of halogens is 3. The zero-order valence-electron chi connectivity index (χ0n) is 31.7. The number of ether oxygens (including phenoxy) is 4. The van der Waals surface area contributed by atoms with Crippen molar-refractivity contribution >= 4 is 70.1 Å². The highest BCUT2D eigenvalue weighted by Gasteiger charge is 2.51. The topological polar surface area (TPSA) is 180 Å². The van der Waals surface area contributed by atoms with Gasteiger partial charge in [0.15, 0.2) is 5.11 Å². The van der Waals surface area contributed by atoms with Crippen LogP contribution in [0.5, 0.6) is 5.75 Å². The Bertz CT molecular complexity index is 2240. The lowest BCUT2D eigenvalue weighted by atomic mass is 10.0. The van der Waals surface area contributed by atoms with Gasteiger partial charge in [0, 0.05) is 18.3 Å². The Labute approximate surface area is 341 Å². The smallest absolute Gasteiger partial charge is 0.417 e. The maximum absolute atomic E-state index is 13.6. The van der Waals surface area contributed by atoms with Crippen LogP contribution < -0.4 is 19.9 Å². The third kappa shape index (κ3) is 9.00. The number of carbonyl (C=O) groups excluding carboxylic acids is 5. The SMILES string of the molecule is CC1(C)C(=O)N(c2ccc(C#N)c(C(F)(F)F)c2)C(=S)N1c1ccc(OCCOCCOCCOCC=Nc2cccc3c2C(=O)N([C@@H]2CCC(=O)NC2=O)C3=O)cc1. The Morgan fingerprint density at radius 2 is 1.58 bits per heavy atom. The third-order valence-electron chi connectivity index (χ3n) is 9.56. The molecule has 3 aliphatic rings. The number of nitriles is 1. The molecular formula is C40H37F3N6O9S. The van der Waals surface area contributed by atoms with Gasteiger partial charge in [0.1, 0.15) is 23.9 Å². The standard InChI is InChI=1S/C40H37F3N6O9S/c1-39(2)37(54)47(26-7-6-24(23-44)29(22-26)40(41,42)43)38(59)49(39)25-8-10-27(11-9-25)58-21-20-57-19-18-56-17-16-55-15-14-45-30-5-3-4-28-33(30)36(53)48(35(28)52)31-12-13-32(50)46-34(31)51/h3-11,14,22,31H,12-13,15-21H2,1-2H3,(H,46,50,51)/t31-/m1/s1. The van der Waals surface area contributed by atoms with Gasteiger partial charge < -0.3 is 23.8 Å². The number of imide groups is 2. The summed E-state index contributed by atoms with van der Waals surface area (Å²) in [7, 11) is 0. The number of nitrogens with one attached hydrogen (secondary N) is 1. The molecule has 3 heterocycles. The highest BCUT2D eigenvalue weighted by atomic mass is 32.1. The second-order valence-electron chi connectivity index (χ2n) is 13.8. The summed E-state index contributed by atoms with van der Waals surface area (Å²) in [4.78, 5) is 71.2. The molecule has 2 fully saturated rings. The van der Waals surface area contributed by atoms with Crippen LogP contribution in [-0.2, 0) is 34.8 Å². The number of alkyl halides is 3. The van der Waals surface area contributed by atoms with Crippen molar-refractivity contribution in [1.29, 1.82) is 5.26 Å². The second-order valence-corrected chi connectivity index (χ2v) is 14.1. The van der Waals surface area contributed by atoms with Crippen LogP contribution in [0.3, 0.4) is 0 Å². The number of piperidine rings is 1. The van der Waals surface area contributed by atoms with Gasteiger partial charge in [-0.1, -0.05) is 6.07 Å². The first-order valence-electron chi connectivity index (χ1n) is 18.3. The van der Waals surface area contributed by atoms with Crippen molar-refractivity contribution in [3.05, 3.63) is 82.9 Å². The Balaban J connectivity index is 0.875. The van der Waals surface area contributed by atoms with Crippen LogP contribution in [0.15, 0.2) is 65.7 Å². The molecule has 0 radical (unpaired) electrons. The van der Waals surface area contributed by atoms with Crippen LogP contribution >= 0.6 is 12.2 Å². The number of thiocarbonyl (C=S) groups is 1. The largest absolute Gasteiger partial charge is 0.491 e. The fourth-order valence-corrected chi connectivity index (χ4v) is 7.21. The van der Waals surface area contributed by atoms with Gasteiger partial charge in [-0.05, 0) is 87.1 Å². The summed E-state index contributed by atoms with van der Waals surface area (Å²) >= 11 is 5.58. The van der Waals surface area contributed by atoms with E-state index in [0.29, 0.717) is 24.7 Å². The van der Waals surface area contributed by atoms with E-state index in [9.17, 15) is 37.1 Å². The van der Waals surface area contributed by atoms with Gasteiger partial charge in [-0.15, -0.1) is 0 Å². The van der Waals surface area contributed by atoms with Crippen molar-refractivity contribution in [2.24, 2.45) is 4.99 Å². The predicted octanol–water partition coefficient (Wildman–Crippen LogP) is 4.73. The molecule has 5 amide bonds. The molecule has 0 unspecified atom stereocenters. The van der Waals surface area contributed by atoms with E-state index < -0.39 is 58.4 Å². The molecule has 59 heavy (non-hydrogen) atoms. The summed E-state index contributed by atoms with van der Waals surface area (Å²) in [5.41, 5.74) is -2.06. The fourth-order valence-electron chi connectivity index (χ4n) is 6.69. The zero-order valence-corrected chi connectivity index (χ0v) is 32.6. The van der Waals surface area contributed by atoms with E-state index in [4.69, 9.17) is 36.4 Å². The van der Waals surface area contributed by atoms with Gasteiger partial charge in [0.2, 0.25) is 11.8 Å². The number of rotatable bonds is 16. The average Bonchev–Trinajstić information content (AvgIpc) is 3.55. The molecule has 0 spiro atoms. The minimum atomic E-state index is -4.80. The molecule has 0 aromatic heterocycles. The number of fused-ring (bicyclic) bond motifs is 1. The monoisotopic (exact) mass is 834 g/mol. The number of anilines is 2. The van der Waals surface area contributed by atoms with Gasteiger partial charge in [0.25, 0.3) is 17.7 Å². The third-order valence-corrected chi connectivity index (χ3v) is 9.92. The lowest BCUT2D eigenvalue weighted by Gasteiger charge is -2.29. The molecule has 3 aromatic carbocycles. The molecule has 0 saturated carbocycles. The molecule has 0 aliphatic carbocycles. The number of nitrogens with zero attached hydrogens (tertiary/aromatic N) is 5. The Morgan fingerprint density at radius 3 is 2.24 bits per heavy atom. The molecular weight excluding hydrogens is 798 g/mol. The summed E-state index contributed by atoms with van der Waals surface area (Å²) in [6.45, 7) is 4.92. The van der Waals surface area contributed by atoms with Crippen LogP contribution in [0.25, 0.3) is 0 Å². The van der Waals surface area contributed by atoms with Crippen molar-refractivity contribution in [2.45, 2.75) is 44.4 Å². The average molecular weight is 835 g/mol. The van der Waals surface area contributed by atoms with E-state index in [1.165, 1.54) is 24.4 Å². The number of hydrogen-bond donors (Lipinski definition) is 1. The molecule has 6 rings (SSSR count). The van der Waals surface area contributed by atoms with Crippen molar-refractivity contribution < 1.29 is 56.1 Å². The number of carbonyl (C=O) groups is 5. The van der Waals surface area contributed by atoms with Gasteiger partial charge in [-0.3, -0.25) is 44.1 Å². The predicted molar refractivity (Wildman–Crippen MR) is 208 cm³/mol. The number of hydrogen-bond acceptors (Lipinski definition) is 12. The van der Waals surface area contributed by atoms with Crippen LogP contribution in [0, 0.1) is 11.3 Å². The highest BCUT2D eigenvalue weighted by molar-refractivity contribution is 7.81. The zero-order chi connectivity index (χ0) is 42.5. The first kappa shape index (κ1) is 42.5. The van der Waals surface area contributed by atoms with Crippen LogP contribution in [0.1, 0.15) is 58.5 Å². The number of benzene rings is 3. The molecule has 3 aromatic rings. The van der Waals surface area contributed by atoms with Gasteiger partial charge in [0.05, 0.1) is 79.3 Å².